The van der Waals surface area contributed by atoms with Gasteiger partial charge in [-0.25, -0.2) is 0 Å². The lowest BCUT2D eigenvalue weighted by atomic mass is 9.78. The van der Waals surface area contributed by atoms with E-state index in [9.17, 15) is 15.0 Å². The van der Waals surface area contributed by atoms with Crippen molar-refractivity contribution in [2.45, 2.75) is 44.9 Å². The molecule has 1 saturated heterocycles. The molecule has 0 saturated carbocycles. The molecular formula is C17H25ClN2O3. The van der Waals surface area contributed by atoms with Gasteiger partial charge in [0, 0.05) is 18.1 Å². The normalized spacial score (nSPS) is 23.7. The smallest absolute Gasteiger partial charge is 0.240 e. The van der Waals surface area contributed by atoms with Gasteiger partial charge in [0.1, 0.15) is 0 Å². The Kier molecular flexibility index (Phi) is 5.68. The van der Waals surface area contributed by atoms with E-state index in [1.165, 1.54) is 0 Å². The van der Waals surface area contributed by atoms with E-state index < -0.39 is 23.7 Å². The first kappa shape index (κ1) is 18.2. The number of β-amino-alcohol motifs (C(OH)–C–C–N with tert-alkyl or cyclic N) is 1. The molecule has 1 heterocycles. The summed E-state index contributed by atoms with van der Waals surface area (Å²) in [5, 5.41) is 20.0. The number of hydrogen-bond donors (Lipinski definition) is 3. The van der Waals surface area contributed by atoms with Gasteiger partial charge >= 0.3 is 0 Å². The monoisotopic (exact) mass is 340 g/mol. The maximum absolute atomic E-state index is 12.6. The summed E-state index contributed by atoms with van der Waals surface area (Å²) in [4.78, 5) is 14.2. The van der Waals surface area contributed by atoms with Crippen LogP contribution in [0.2, 0.25) is 5.02 Å². The van der Waals surface area contributed by atoms with Crippen molar-refractivity contribution < 1.29 is 15.0 Å². The molecule has 2 rings (SSSR count). The van der Waals surface area contributed by atoms with E-state index in [1.54, 1.807) is 4.90 Å². The van der Waals surface area contributed by atoms with Gasteiger partial charge < -0.3 is 20.8 Å². The standard InChI is InChI=1S/C17H25ClN2O3/c1-17(2,9-11-3-5-12(18)6-4-11)15(19)16(23)20-8-7-13(21)14(22)10-20/h3-6,13-15,21-22H,7-10,19H2,1-2H3/t13?,14?,15-/m0/s1. The number of nitrogens with two attached hydrogens (primary N) is 1. The Morgan fingerprint density at radius 2 is 1.96 bits per heavy atom. The average molecular weight is 341 g/mol. The lowest BCUT2D eigenvalue weighted by molar-refractivity contribution is -0.141. The summed E-state index contributed by atoms with van der Waals surface area (Å²) in [5.74, 6) is -0.185. The minimum atomic E-state index is -0.903. The van der Waals surface area contributed by atoms with Crippen LogP contribution in [-0.4, -0.2) is 52.4 Å². The van der Waals surface area contributed by atoms with E-state index in [1.807, 2.05) is 38.1 Å². The number of aliphatic hydroxyl groups excluding tert-OH is 2. The quantitative estimate of drug-likeness (QED) is 0.768. The largest absolute Gasteiger partial charge is 0.390 e. The highest BCUT2D eigenvalue weighted by Gasteiger charge is 2.37. The molecule has 1 aromatic carbocycles. The van der Waals surface area contributed by atoms with Gasteiger partial charge in [0.2, 0.25) is 5.91 Å². The molecule has 0 aromatic heterocycles. The molecule has 6 heteroatoms. The SMILES string of the molecule is CC(C)(Cc1ccc(Cl)cc1)[C@@H](N)C(=O)N1CCC(O)C(O)C1. The second-order valence-electron chi connectivity index (χ2n) is 6.98. The topological polar surface area (TPSA) is 86.8 Å². The summed E-state index contributed by atoms with van der Waals surface area (Å²) in [6.45, 7) is 4.46. The zero-order valence-electron chi connectivity index (χ0n) is 13.6. The van der Waals surface area contributed by atoms with Crippen LogP contribution >= 0.6 is 11.6 Å². The Bertz CT molecular complexity index is 547. The Balaban J connectivity index is 2.03. The molecular weight excluding hydrogens is 316 g/mol. The second kappa shape index (κ2) is 7.18. The molecule has 1 aliphatic rings. The van der Waals surface area contributed by atoms with Crippen LogP contribution in [0.25, 0.3) is 0 Å². The average Bonchev–Trinajstić information content (AvgIpc) is 2.50. The third-order valence-electron chi connectivity index (χ3n) is 4.54. The lowest BCUT2D eigenvalue weighted by Crippen LogP contribution is -2.57. The summed E-state index contributed by atoms with van der Waals surface area (Å²) < 4.78 is 0. The number of halogens is 1. The molecule has 3 atom stereocenters. The molecule has 23 heavy (non-hydrogen) atoms. The molecule has 5 nitrogen and oxygen atoms in total. The van der Waals surface area contributed by atoms with Crippen molar-refractivity contribution in [1.29, 1.82) is 0 Å². The molecule has 1 aliphatic heterocycles. The van der Waals surface area contributed by atoms with Crippen molar-refractivity contribution in [3.8, 4) is 0 Å². The van der Waals surface area contributed by atoms with Crippen LogP contribution in [0.4, 0.5) is 0 Å². The Labute approximate surface area is 142 Å². The van der Waals surface area contributed by atoms with Gasteiger partial charge in [0.05, 0.1) is 18.2 Å². The van der Waals surface area contributed by atoms with Crippen molar-refractivity contribution >= 4 is 17.5 Å². The number of benzene rings is 1. The van der Waals surface area contributed by atoms with Crippen LogP contribution in [0.3, 0.4) is 0 Å². The number of hydrogen-bond acceptors (Lipinski definition) is 4. The maximum Gasteiger partial charge on any atom is 0.240 e. The fraction of sp³-hybridized carbons (Fsp3) is 0.588. The van der Waals surface area contributed by atoms with Gasteiger partial charge in [-0.2, -0.15) is 0 Å². The van der Waals surface area contributed by atoms with Crippen LogP contribution in [0.1, 0.15) is 25.8 Å². The highest BCUT2D eigenvalue weighted by molar-refractivity contribution is 6.30. The molecule has 4 N–H and O–H groups in total. The minimum absolute atomic E-state index is 0.130. The molecule has 128 valence electrons. The molecule has 1 aromatic rings. The molecule has 0 spiro atoms. The number of nitrogens with zero attached hydrogens (tertiary/aromatic N) is 1. The maximum atomic E-state index is 12.6. The predicted molar refractivity (Wildman–Crippen MR) is 90.1 cm³/mol. The highest BCUT2D eigenvalue weighted by Crippen LogP contribution is 2.27. The fourth-order valence-electron chi connectivity index (χ4n) is 2.89. The number of aliphatic hydroxyl groups is 2. The summed E-state index contributed by atoms with van der Waals surface area (Å²) in [6, 6.07) is 6.83. The Morgan fingerprint density at radius 1 is 1.35 bits per heavy atom. The van der Waals surface area contributed by atoms with Gasteiger partial charge in [-0.05, 0) is 36.0 Å². The molecule has 0 radical (unpaired) electrons. The summed E-state index contributed by atoms with van der Waals surface area (Å²) in [7, 11) is 0. The number of amides is 1. The predicted octanol–water partition coefficient (Wildman–Crippen LogP) is 1.19. The number of rotatable bonds is 4. The molecule has 0 aliphatic carbocycles. The summed E-state index contributed by atoms with van der Waals surface area (Å²) in [5.41, 5.74) is 6.85. The zero-order chi connectivity index (χ0) is 17.2. The van der Waals surface area contributed by atoms with E-state index in [4.69, 9.17) is 17.3 Å². The molecule has 2 unspecified atom stereocenters. The fourth-order valence-corrected chi connectivity index (χ4v) is 3.01. The molecule has 1 fully saturated rings. The first-order valence-electron chi connectivity index (χ1n) is 7.85. The first-order chi connectivity index (χ1) is 10.7. The van der Waals surface area contributed by atoms with Gasteiger partial charge in [-0.3, -0.25) is 4.79 Å². The zero-order valence-corrected chi connectivity index (χ0v) is 14.3. The Hall–Kier alpha value is -1.14. The van der Waals surface area contributed by atoms with E-state index in [0.717, 1.165) is 5.56 Å². The van der Waals surface area contributed by atoms with Crippen molar-refractivity contribution in [2.75, 3.05) is 13.1 Å². The van der Waals surface area contributed by atoms with Gasteiger partial charge in [-0.1, -0.05) is 37.6 Å². The molecule has 1 amide bonds. The second-order valence-corrected chi connectivity index (χ2v) is 7.41. The van der Waals surface area contributed by atoms with Gasteiger partial charge in [-0.15, -0.1) is 0 Å². The van der Waals surface area contributed by atoms with Crippen molar-refractivity contribution in [3.63, 3.8) is 0 Å². The van der Waals surface area contributed by atoms with E-state index in [0.29, 0.717) is 24.4 Å². The van der Waals surface area contributed by atoms with Crippen molar-refractivity contribution in [1.82, 2.24) is 4.90 Å². The third kappa shape index (κ3) is 4.44. The van der Waals surface area contributed by atoms with Crippen molar-refractivity contribution in [2.24, 2.45) is 11.1 Å². The van der Waals surface area contributed by atoms with Crippen LogP contribution in [0, 0.1) is 5.41 Å². The minimum Gasteiger partial charge on any atom is -0.390 e. The number of likely N-dealkylation sites (tertiary alicyclic amines) is 1. The molecule has 0 bridgehead atoms. The van der Waals surface area contributed by atoms with Gasteiger partial charge in [0.15, 0.2) is 0 Å². The van der Waals surface area contributed by atoms with Crippen LogP contribution in [0.15, 0.2) is 24.3 Å². The summed E-state index contributed by atoms with van der Waals surface area (Å²) in [6.07, 6.45) is -0.649. The number of piperidine rings is 1. The van der Waals surface area contributed by atoms with Crippen molar-refractivity contribution in [3.05, 3.63) is 34.9 Å². The number of carbonyl (C=O) groups is 1. The lowest BCUT2D eigenvalue weighted by Gasteiger charge is -2.38. The summed E-state index contributed by atoms with van der Waals surface area (Å²) >= 11 is 5.89. The van der Waals surface area contributed by atoms with E-state index in [-0.39, 0.29) is 12.5 Å². The van der Waals surface area contributed by atoms with E-state index >= 15 is 0 Å². The van der Waals surface area contributed by atoms with Crippen LogP contribution in [-0.2, 0) is 11.2 Å². The Morgan fingerprint density at radius 3 is 2.52 bits per heavy atom. The third-order valence-corrected chi connectivity index (χ3v) is 4.79. The van der Waals surface area contributed by atoms with E-state index in [2.05, 4.69) is 0 Å². The van der Waals surface area contributed by atoms with Crippen LogP contribution in [0.5, 0.6) is 0 Å². The highest BCUT2D eigenvalue weighted by atomic mass is 35.5. The number of carbonyl (C=O) groups excluding carboxylic acids is 1. The van der Waals surface area contributed by atoms with Crippen LogP contribution < -0.4 is 5.73 Å². The first-order valence-corrected chi connectivity index (χ1v) is 8.23. The van der Waals surface area contributed by atoms with Gasteiger partial charge in [0.25, 0.3) is 0 Å².